The van der Waals surface area contributed by atoms with Crippen molar-refractivity contribution in [3.05, 3.63) is 12.2 Å². The topological polar surface area (TPSA) is 87.4 Å². The van der Waals surface area contributed by atoms with Gasteiger partial charge in [0.1, 0.15) is 6.61 Å². The van der Waals surface area contributed by atoms with Gasteiger partial charge in [-0.15, -0.1) is 0 Å². The van der Waals surface area contributed by atoms with Crippen molar-refractivity contribution in [1.82, 2.24) is 0 Å². The summed E-state index contributed by atoms with van der Waals surface area (Å²) in [7, 11) is 0. The zero-order chi connectivity index (χ0) is 13.0. The van der Waals surface area contributed by atoms with Crippen molar-refractivity contribution < 1.29 is 19.4 Å². The van der Waals surface area contributed by atoms with Gasteiger partial charge in [0, 0.05) is 12.0 Å². The Labute approximate surface area is 95.3 Å². The van der Waals surface area contributed by atoms with Crippen LogP contribution in [0.3, 0.4) is 0 Å². The smallest absolute Gasteiger partial charge is 0.333 e. The van der Waals surface area contributed by atoms with E-state index < -0.39 is 11.9 Å². The number of esters is 1. The van der Waals surface area contributed by atoms with Gasteiger partial charge in [-0.05, 0) is 13.3 Å². The molecule has 0 aromatic carbocycles. The zero-order valence-corrected chi connectivity index (χ0v) is 9.65. The fourth-order valence-electron chi connectivity index (χ4n) is 0.526. The fourth-order valence-corrected chi connectivity index (χ4v) is 0.526. The lowest BCUT2D eigenvalue weighted by Crippen LogP contribution is -2.05. The molecule has 1 N–H and O–H groups in total. The standard InChI is InChI=1S/C7H9NO2.C4H8O2/c1-6(2)7(9)10-5-3-4-8;1-2-3-4(5)6/h1,3,5H2,2H3;2-3H2,1H3,(H,5,6). The average Bonchev–Trinajstić information content (AvgIpc) is 2.18. The van der Waals surface area contributed by atoms with Crippen LogP contribution in [-0.4, -0.2) is 23.7 Å². The first-order chi connectivity index (χ1) is 7.45. The first-order valence-corrected chi connectivity index (χ1v) is 4.87. The molecule has 5 heteroatoms. The first-order valence-electron chi connectivity index (χ1n) is 4.87. The summed E-state index contributed by atoms with van der Waals surface area (Å²) in [5.74, 6) is -1.15. The Morgan fingerprint density at radius 1 is 1.50 bits per heavy atom. The van der Waals surface area contributed by atoms with E-state index in [1.165, 1.54) is 0 Å². The molecule has 0 amide bonds. The molecule has 5 nitrogen and oxygen atoms in total. The molecule has 16 heavy (non-hydrogen) atoms. The SMILES string of the molecule is C=C(C)C(=O)OCCC#N.CCCC(=O)O. The molecular formula is C11H17NO4. The van der Waals surface area contributed by atoms with Crippen LogP contribution in [0.1, 0.15) is 33.1 Å². The Hall–Kier alpha value is -1.83. The van der Waals surface area contributed by atoms with E-state index >= 15 is 0 Å². The molecule has 0 bridgehead atoms. The molecule has 0 aromatic heterocycles. The van der Waals surface area contributed by atoms with Gasteiger partial charge in [-0.2, -0.15) is 5.26 Å². The lowest BCUT2D eigenvalue weighted by atomic mass is 10.4. The van der Waals surface area contributed by atoms with Crippen molar-refractivity contribution in [2.24, 2.45) is 0 Å². The minimum atomic E-state index is -0.711. The molecule has 0 fully saturated rings. The van der Waals surface area contributed by atoms with Gasteiger partial charge in [-0.3, -0.25) is 4.79 Å². The number of rotatable bonds is 5. The number of aliphatic carboxylic acids is 1. The summed E-state index contributed by atoms with van der Waals surface area (Å²) < 4.78 is 4.58. The highest BCUT2D eigenvalue weighted by molar-refractivity contribution is 5.86. The van der Waals surface area contributed by atoms with E-state index in [2.05, 4.69) is 11.3 Å². The Morgan fingerprint density at radius 2 is 2.06 bits per heavy atom. The van der Waals surface area contributed by atoms with Crippen molar-refractivity contribution >= 4 is 11.9 Å². The predicted molar refractivity (Wildman–Crippen MR) is 58.5 cm³/mol. The van der Waals surface area contributed by atoms with Crippen molar-refractivity contribution in [1.29, 1.82) is 5.26 Å². The molecule has 0 saturated carbocycles. The summed E-state index contributed by atoms with van der Waals surface area (Å²) in [5.41, 5.74) is 0.359. The molecule has 0 aromatic rings. The molecule has 0 radical (unpaired) electrons. The van der Waals surface area contributed by atoms with Crippen LogP contribution in [0, 0.1) is 11.3 Å². The third-order valence-electron chi connectivity index (χ3n) is 1.26. The molecule has 0 aliphatic heterocycles. The zero-order valence-electron chi connectivity index (χ0n) is 9.65. The summed E-state index contributed by atoms with van der Waals surface area (Å²) >= 11 is 0. The van der Waals surface area contributed by atoms with E-state index in [1.54, 1.807) is 6.92 Å². The fraction of sp³-hybridized carbons (Fsp3) is 0.545. The maximum absolute atomic E-state index is 10.6. The van der Waals surface area contributed by atoms with Crippen molar-refractivity contribution in [2.75, 3.05) is 6.61 Å². The lowest BCUT2D eigenvalue weighted by Gasteiger charge is -1.98. The van der Waals surface area contributed by atoms with Gasteiger partial charge in [0.05, 0.1) is 12.5 Å². The summed E-state index contributed by atoms with van der Waals surface area (Å²) in [6, 6.07) is 1.86. The molecule has 0 unspecified atom stereocenters. The molecule has 0 aliphatic carbocycles. The van der Waals surface area contributed by atoms with Gasteiger partial charge in [-0.25, -0.2) is 4.79 Å². The molecule has 90 valence electrons. The number of hydrogen-bond acceptors (Lipinski definition) is 4. The van der Waals surface area contributed by atoms with Crippen LogP contribution in [0.2, 0.25) is 0 Å². The second-order valence-electron chi connectivity index (χ2n) is 2.97. The molecular weight excluding hydrogens is 210 g/mol. The molecule has 0 saturated heterocycles. The predicted octanol–water partition coefficient (Wildman–Crippen LogP) is 1.89. The van der Waals surface area contributed by atoms with Gasteiger partial charge < -0.3 is 9.84 Å². The average molecular weight is 227 g/mol. The maximum atomic E-state index is 10.6. The number of nitrogens with zero attached hydrogens (tertiary/aromatic N) is 1. The monoisotopic (exact) mass is 227 g/mol. The Morgan fingerprint density at radius 3 is 2.31 bits per heavy atom. The number of nitriles is 1. The third kappa shape index (κ3) is 14.7. The van der Waals surface area contributed by atoms with Crippen molar-refractivity contribution in [3.8, 4) is 6.07 Å². The number of hydrogen-bond donors (Lipinski definition) is 1. The summed E-state index contributed by atoms with van der Waals surface area (Å²) in [6.07, 6.45) is 1.26. The normalized spacial score (nSPS) is 8.06. The van der Waals surface area contributed by atoms with Crippen LogP contribution < -0.4 is 0 Å². The molecule has 0 aliphatic rings. The van der Waals surface area contributed by atoms with Crippen LogP contribution in [-0.2, 0) is 14.3 Å². The molecule has 0 rings (SSSR count). The van der Waals surface area contributed by atoms with Crippen LogP contribution in [0.25, 0.3) is 0 Å². The van der Waals surface area contributed by atoms with Crippen LogP contribution in [0.4, 0.5) is 0 Å². The van der Waals surface area contributed by atoms with Crippen molar-refractivity contribution in [3.63, 3.8) is 0 Å². The highest BCUT2D eigenvalue weighted by atomic mass is 16.5. The van der Waals surface area contributed by atoms with E-state index in [9.17, 15) is 9.59 Å². The number of carboxylic acids is 1. The van der Waals surface area contributed by atoms with Gasteiger partial charge in [-0.1, -0.05) is 13.5 Å². The van der Waals surface area contributed by atoms with Crippen LogP contribution >= 0.6 is 0 Å². The highest BCUT2D eigenvalue weighted by Crippen LogP contribution is 1.92. The summed E-state index contributed by atoms with van der Waals surface area (Å²) in [5, 5.41) is 16.0. The first kappa shape index (κ1) is 16.6. The van der Waals surface area contributed by atoms with E-state index in [4.69, 9.17) is 10.4 Å². The lowest BCUT2D eigenvalue weighted by molar-refractivity contribution is -0.139. The van der Waals surface area contributed by atoms with Crippen molar-refractivity contribution in [2.45, 2.75) is 33.1 Å². The number of carbonyl (C=O) groups excluding carboxylic acids is 1. The number of carbonyl (C=O) groups is 2. The molecule has 0 atom stereocenters. The Balaban J connectivity index is 0. The van der Waals surface area contributed by atoms with Gasteiger partial charge in [0.2, 0.25) is 0 Å². The molecule has 0 spiro atoms. The summed E-state index contributed by atoms with van der Waals surface area (Å²) in [6.45, 7) is 6.94. The minimum Gasteiger partial charge on any atom is -0.481 e. The van der Waals surface area contributed by atoms with E-state index in [1.807, 2.05) is 13.0 Å². The van der Waals surface area contributed by atoms with Crippen LogP contribution in [0.5, 0.6) is 0 Å². The number of carboxylic acid groups (broad SMARTS) is 1. The third-order valence-corrected chi connectivity index (χ3v) is 1.26. The van der Waals surface area contributed by atoms with Crippen LogP contribution in [0.15, 0.2) is 12.2 Å². The van der Waals surface area contributed by atoms with Gasteiger partial charge in [0.15, 0.2) is 0 Å². The van der Waals surface area contributed by atoms with E-state index in [-0.39, 0.29) is 13.0 Å². The second-order valence-corrected chi connectivity index (χ2v) is 2.97. The van der Waals surface area contributed by atoms with Gasteiger partial charge >= 0.3 is 11.9 Å². The minimum absolute atomic E-state index is 0.155. The Bertz CT molecular complexity index is 278. The number of ether oxygens (including phenoxy) is 1. The second kappa shape index (κ2) is 11.2. The largest absolute Gasteiger partial charge is 0.481 e. The molecule has 0 heterocycles. The maximum Gasteiger partial charge on any atom is 0.333 e. The van der Waals surface area contributed by atoms with E-state index in [0.29, 0.717) is 12.0 Å². The quantitative estimate of drug-likeness (QED) is 0.440. The van der Waals surface area contributed by atoms with Gasteiger partial charge in [0.25, 0.3) is 0 Å². The van der Waals surface area contributed by atoms with E-state index in [0.717, 1.165) is 6.42 Å². The summed E-state index contributed by atoms with van der Waals surface area (Å²) in [4.78, 5) is 20.2. The highest BCUT2D eigenvalue weighted by Gasteiger charge is 2.00. The Kier molecular flexibility index (Phi) is 11.7.